The molecule has 2 aliphatic heterocycles. The van der Waals surface area contributed by atoms with Crippen LogP contribution in [0.15, 0.2) is 36.4 Å². The van der Waals surface area contributed by atoms with Gasteiger partial charge in [-0.25, -0.2) is 0 Å². The Labute approximate surface area is 152 Å². The van der Waals surface area contributed by atoms with Gasteiger partial charge in [-0.3, -0.25) is 19.4 Å². The molecule has 0 unspecified atom stereocenters. The summed E-state index contributed by atoms with van der Waals surface area (Å²) in [5, 5.41) is 0.740. The average molecular weight is 360 g/mol. The molecule has 1 aromatic carbocycles. The van der Waals surface area contributed by atoms with Gasteiger partial charge in [0.05, 0.1) is 18.5 Å². The lowest BCUT2D eigenvalue weighted by Gasteiger charge is -2.37. The van der Waals surface area contributed by atoms with Gasteiger partial charge in [-0.15, -0.1) is 0 Å². The van der Waals surface area contributed by atoms with Crippen molar-refractivity contribution < 1.29 is 9.59 Å². The molecule has 0 N–H and O–H groups in total. The average Bonchev–Trinajstić information content (AvgIpc) is 2.88. The maximum atomic E-state index is 12.6. The Balaban J connectivity index is 1.36. The van der Waals surface area contributed by atoms with Crippen LogP contribution in [0.4, 0.5) is 5.69 Å². The molecule has 132 valence electrons. The van der Waals surface area contributed by atoms with Gasteiger partial charge in [-0.05, 0) is 31.0 Å². The van der Waals surface area contributed by atoms with Crippen molar-refractivity contribution in [3.05, 3.63) is 41.4 Å². The number of carbonyl (C=O) groups is 2. The van der Waals surface area contributed by atoms with E-state index >= 15 is 0 Å². The molecule has 3 aliphatic rings. The molecule has 2 heterocycles. The highest BCUT2D eigenvalue weighted by Crippen LogP contribution is 2.35. The minimum Gasteiger partial charge on any atom is -0.369 e. The molecule has 2 amide bonds. The van der Waals surface area contributed by atoms with Crippen molar-refractivity contribution in [2.75, 3.05) is 37.7 Å². The minimum absolute atomic E-state index is 0.0108. The molecule has 0 saturated carbocycles. The van der Waals surface area contributed by atoms with E-state index in [4.69, 9.17) is 11.6 Å². The zero-order chi connectivity index (χ0) is 17.4. The van der Waals surface area contributed by atoms with E-state index in [9.17, 15) is 9.59 Å². The summed E-state index contributed by atoms with van der Waals surface area (Å²) in [5.41, 5.74) is 1.12. The minimum atomic E-state index is -0.134. The number of fused-ring (bicyclic) bond motifs is 1. The van der Waals surface area contributed by atoms with Gasteiger partial charge in [-0.1, -0.05) is 29.8 Å². The first kappa shape index (κ1) is 16.6. The van der Waals surface area contributed by atoms with Crippen molar-refractivity contribution in [2.45, 2.75) is 12.8 Å². The fourth-order valence-corrected chi connectivity index (χ4v) is 4.21. The molecule has 2 atom stereocenters. The van der Waals surface area contributed by atoms with Crippen LogP contribution in [0.2, 0.25) is 5.02 Å². The highest BCUT2D eigenvalue weighted by molar-refractivity contribution is 6.30. The summed E-state index contributed by atoms with van der Waals surface area (Å²) in [6.45, 7) is 3.82. The summed E-state index contributed by atoms with van der Waals surface area (Å²) < 4.78 is 0. The Morgan fingerprint density at radius 1 is 0.960 bits per heavy atom. The number of amides is 2. The van der Waals surface area contributed by atoms with Gasteiger partial charge >= 0.3 is 0 Å². The van der Waals surface area contributed by atoms with Gasteiger partial charge in [0.25, 0.3) is 0 Å². The number of benzene rings is 1. The smallest absolute Gasteiger partial charge is 0.234 e. The molecule has 1 aromatic rings. The largest absolute Gasteiger partial charge is 0.369 e. The number of carbonyl (C=O) groups excluding carboxylic acids is 2. The van der Waals surface area contributed by atoms with Gasteiger partial charge < -0.3 is 4.90 Å². The van der Waals surface area contributed by atoms with E-state index in [-0.39, 0.29) is 23.7 Å². The third kappa shape index (κ3) is 3.18. The number of rotatable bonds is 3. The molecule has 6 heteroatoms. The summed E-state index contributed by atoms with van der Waals surface area (Å²) in [5.74, 6) is -0.247. The SMILES string of the molecule is O=C1[C@H]2CC=CC[C@H]2C(=O)N1CN1CCN(c2cccc(Cl)c2)CC1. The number of allylic oxidation sites excluding steroid dienone is 2. The number of hydrogen-bond donors (Lipinski definition) is 0. The van der Waals surface area contributed by atoms with Gasteiger partial charge in [0.1, 0.15) is 0 Å². The van der Waals surface area contributed by atoms with Crippen LogP contribution in [0, 0.1) is 11.8 Å². The second kappa shape index (κ2) is 6.81. The number of anilines is 1. The molecule has 0 bridgehead atoms. The highest BCUT2D eigenvalue weighted by Gasteiger charge is 2.47. The van der Waals surface area contributed by atoms with Gasteiger partial charge in [0.15, 0.2) is 0 Å². The predicted octanol–water partition coefficient (Wildman–Crippen LogP) is 2.37. The van der Waals surface area contributed by atoms with E-state index in [1.807, 2.05) is 30.4 Å². The van der Waals surface area contributed by atoms with Gasteiger partial charge in [0, 0.05) is 36.9 Å². The van der Waals surface area contributed by atoms with E-state index in [0.29, 0.717) is 19.5 Å². The Hall–Kier alpha value is -1.85. The van der Waals surface area contributed by atoms with Gasteiger partial charge in [-0.2, -0.15) is 0 Å². The van der Waals surface area contributed by atoms with Crippen LogP contribution in [0.3, 0.4) is 0 Å². The quantitative estimate of drug-likeness (QED) is 0.614. The molecule has 1 aliphatic carbocycles. The number of hydrogen-bond acceptors (Lipinski definition) is 4. The lowest BCUT2D eigenvalue weighted by molar-refractivity contribution is -0.142. The standard InChI is InChI=1S/C19H22ClN3O2/c20-14-4-3-5-15(12-14)22-10-8-21(9-11-22)13-23-18(24)16-6-1-2-7-17(16)19(23)25/h1-5,12,16-17H,6-11,13H2/t16-,17+. The van der Waals surface area contributed by atoms with Crippen molar-refractivity contribution in [2.24, 2.45) is 11.8 Å². The molecule has 0 spiro atoms. The number of piperazine rings is 1. The predicted molar refractivity (Wildman–Crippen MR) is 97.3 cm³/mol. The lowest BCUT2D eigenvalue weighted by Crippen LogP contribution is -2.51. The number of likely N-dealkylation sites (tertiary alicyclic amines) is 1. The Bertz CT molecular complexity index is 686. The zero-order valence-corrected chi connectivity index (χ0v) is 14.9. The van der Waals surface area contributed by atoms with Crippen LogP contribution >= 0.6 is 11.6 Å². The molecule has 2 saturated heterocycles. The van der Waals surface area contributed by atoms with Gasteiger partial charge in [0.2, 0.25) is 11.8 Å². The van der Waals surface area contributed by atoms with Crippen LogP contribution in [0.5, 0.6) is 0 Å². The van der Waals surface area contributed by atoms with Crippen LogP contribution in [-0.4, -0.2) is 54.5 Å². The van der Waals surface area contributed by atoms with Crippen molar-refractivity contribution in [1.29, 1.82) is 0 Å². The third-order valence-electron chi connectivity index (χ3n) is 5.49. The van der Waals surface area contributed by atoms with Crippen LogP contribution in [0.1, 0.15) is 12.8 Å². The first-order chi connectivity index (χ1) is 12.1. The Kier molecular flexibility index (Phi) is 4.52. The van der Waals surface area contributed by atoms with Crippen molar-refractivity contribution in [3.8, 4) is 0 Å². The van der Waals surface area contributed by atoms with E-state index in [1.54, 1.807) is 0 Å². The summed E-state index contributed by atoms with van der Waals surface area (Å²) in [6, 6.07) is 7.87. The maximum Gasteiger partial charge on any atom is 0.234 e. The molecule has 0 radical (unpaired) electrons. The second-order valence-corrected chi connectivity index (χ2v) is 7.42. The van der Waals surface area contributed by atoms with Crippen LogP contribution in [-0.2, 0) is 9.59 Å². The molecule has 25 heavy (non-hydrogen) atoms. The number of imide groups is 1. The first-order valence-corrected chi connectivity index (χ1v) is 9.24. The van der Waals surface area contributed by atoms with Crippen molar-refractivity contribution in [1.82, 2.24) is 9.80 Å². The van der Waals surface area contributed by atoms with Crippen LogP contribution < -0.4 is 4.90 Å². The Morgan fingerprint density at radius 3 is 2.20 bits per heavy atom. The molecule has 2 fully saturated rings. The number of nitrogens with zero attached hydrogens (tertiary/aromatic N) is 3. The van der Waals surface area contributed by atoms with E-state index in [1.165, 1.54) is 4.90 Å². The zero-order valence-electron chi connectivity index (χ0n) is 14.1. The normalized spacial score (nSPS) is 27.1. The monoisotopic (exact) mass is 359 g/mol. The summed E-state index contributed by atoms with van der Waals surface area (Å²) in [7, 11) is 0. The topological polar surface area (TPSA) is 43.9 Å². The van der Waals surface area contributed by atoms with Crippen LogP contribution in [0.25, 0.3) is 0 Å². The first-order valence-electron chi connectivity index (χ1n) is 8.86. The fraction of sp³-hybridized carbons (Fsp3) is 0.474. The summed E-state index contributed by atoms with van der Waals surface area (Å²) in [4.78, 5) is 31.1. The fourth-order valence-electron chi connectivity index (χ4n) is 4.03. The molecular formula is C19H22ClN3O2. The third-order valence-corrected chi connectivity index (χ3v) is 5.72. The Morgan fingerprint density at radius 2 is 1.60 bits per heavy atom. The molecule has 0 aromatic heterocycles. The molecule has 5 nitrogen and oxygen atoms in total. The second-order valence-electron chi connectivity index (χ2n) is 6.99. The van der Waals surface area contributed by atoms with E-state index in [2.05, 4.69) is 15.9 Å². The summed E-state index contributed by atoms with van der Waals surface area (Å²) in [6.07, 6.45) is 5.46. The highest BCUT2D eigenvalue weighted by atomic mass is 35.5. The summed E-state index contributed by atoms with van der Waals surface area (Å²) >= 11 is 6.07. The maximum absolute atomic E-state index is 12.6. The van der Waals surface area contributed by atoms with Crippen molar-refractivity contribution >= 4 is 29.1 Å². The lowest BCUT2D eigenvalue weighted by atomic mass is 9.85. The van der Waals surface area contributed by atoms with Crippen molar-refractivity contribution in [3.63, 3.8) is 0 Å². The molecular weight excluding hydrogens is 338 g/mol. The van der Waals surface area contributed by atoms with E-state index in [0.717, 1.165) is 36.9 Å². The molecule has 4 rings (SSSR count). The number of halogens is 1. The van der Waals surface area contributed by atoms with E-state index < -0.39 is 0 Å².